The Morgan fingerprint density at radius 1 is 1.17 bits per heavy atom. The largest absolute Gasteiger partial charge is 0.507 e. The maximum atomic E-state index is 10.5. The van der Waals surface area contributed by atoms with Gasteiger partial charge in [-0.25, -0.2) is 0 Å². The Hall–Kier alpha value is -1.20. The van der Waals surface area contributed by atoms with Crippen molar-refractivity contribution in [3.63, 3.8) is 0 Å². The highest BCUT2D eigenvalue weighted by atomic mass is 35.5. The average molecular weight is 347 g/mol. The minimum absolute atomic E-state index is 0.257. The second kappa shape index (κ2) is 6.36. The molecule has 2 N–H and O–H groups in total. The smallest absolute Gasteiger partial charge is 0.131 e. The van der Waals surface area contributed by atoms with Crippen LogP contribution in [0.15, 0.2) is 46.2 Å². The van der Waals surface area contributed by atoms with Crippen LogP contribution < -0.4 is 5.32 Å². The van der Waals surface area contributed by atoms with E-state index in [1.807, 2.05) is 6.07 Å². The topological polar surface area (TPSA) is 35.5 Å². The number of piperazine rings is 1. The fourth-order valence-corrected chi connectivity index (χ4v) is 4.82. The minimum atomic E-state index is 0.257. The van der Waals surface area contributed by atoms with Crippen LogP contribution in [0.2, 0.25) is 5.02 Å². The molecule has 1 unspecified atom stereocenters. The summed E-state index contributed by atoms with van der Waals surface area (Å²) >= 11 is 7.91. The van der Waals surface area contributed by atoms with Crippen LogP contribution in [0.1, 0.15) is 17.2 Å². The molecule has 0 radical (unpaired) electrons. The van der Waals surface area contributed by atoms with Gasteiger partial charge in [0.2, 0.25) is 0 Å². The third-order valence-electron chi connectivity index (χ3n) is 4.61. The van der Waals surface area contributed by atoms with Gasteiger partial charge in [-0.2, -0.15) is 0 Å². The maximum Gasteiger partial charge on any atom is 0.131 e. The van der Waals surface area contributed by atoms with Crippen molar-refractivity contribution in [2.24, 2.45) is 0 Å². The van der Waals surface area contributed by atoms with Crippen LogP contribution in [-0.4, -0.2) is 36.2 Å². The number of phenols is 1. The molecule has 1 saturated heterocycles. The van der Waals surface area contributed by atoms with Gasteiger partial charge in [0.25, 0.3) is 0 Å². The Bertz CT molecular complexity index is 731. The van der Waals surface area contributed by atoms with Crippen LogP contribution in [0.5, 0.6) is 5.75 Å². The number of rotatable bonds is 1. The number of nitrogens with zero attached hydrogens (tertiary/aromatic N) is 1. The van der Waals surface area contributed by atoms with Gasteiger partial charge < -0.3 is 10.4 Å². The summed E-state index contributed by atoms with van der Waals surface area (Å²) in [7, 11) is 0. The van der Waals surface area contributed by atoms with Gasteiger partial charge in [-0.05, 0) is 35.7 Å². The van der Waals surface area contributed by atoms with Crippen molar-refractivity contribution < 1.29 is 5.11 Å². The fraction of sp³-hybridized carbons (Fsp3) is 0.333. The molecule has 0 bridgehead atoms. The molecule has 2 aliphatic heterocycles. The third kappa shape index (κ3) is 2.96. The van der Waals surface area contributed by atoms with E-state index in [-0.39, 0.29) is 11.8 Å². The summed E-state index contributed by atoms with van der Waals surface area (Å²) in [6.07, 6.45) is 0.954. The van der Waals surface area contributed by atoms with Crippen molar-refractivity contribution in [2.45, 2.75) is 22.3 Å². The number of fused-ring (bicyclic) bond motifs is 2. The third-order valence-corrected chi connectivity index (χ3v) is 6.10. The van der Waals surface area contributed by atoms with Crippen molar-refractivity contribution in [3.05, 3.63) is 52.5 Å². The summed E-state index contributed by atoms with van der Waals surface area (Å²) < 4.78 is 0. The summed E-state index contributed by atoms with van der Waals surface area (Å²) in [6.45, 7) is 4.05. The van der Waals surface area contributed by atoms with E-state index in [9.17, 15) is 5.11 Å². The van der Waals surface area contributed by atoms with Gasteiger partial charge in [-0.3, -0.25) is 4.90 Å². The van der Waals surface area contributed by atoms with Crippen LogP contribution in [0.25, 0.3) is 0 Å². The monoisotopic (exact) mass is 346 g/mol. The lowest BCUT2D eigenvalue weighted by Gasteiger charge is -2.35. The zero-order chi connectivity index (χ0) is 15.8. The molecule has 23 heavy (non-hydrogen) atoms. The second-order valence-electron chi connectivity index (χ2n) is 6.06. The van der Waals surface area contributed by atoms with E-state index in [0.29, 0.717) is 5.02 Å². The second-order valence-corrected chi connectivity index (χ2v) is 7.55. The van der Waals surface area contributed by atoms with Crippen molar-refractivity contribution >= 4 is 23.4 Å². The zero-order valence-corrected chi connectivity index (χ0v) is 14.3. The number of benzene rings is 2. The predicted molar refractivity (Wildman–Crippen MR) is 94.6 cm³/mol. The number of halogens is 1. The van der Waals surface area contributed by atoms with Gasteiger partial charge in [-0.1, -0.05) is 41.6 Å². The standard InChI is InChI=1S/C18H19ClN2OS/c19-13-10-14-15(21-7-5-20-6-8-21)9-12-3-1-2-4-17(12)23-18(14)16(22)11-13/h1-4,10-11,15,20,22H,5-9H2. The van der Waals surface area contributed by atoms with E-state index in [1.165, 1.54) is 10.5 Å². The molecule has 0 aromatic heterocycles. The van der Waals surface area contributed by atoms with Gasteiger partial charge in [-0.15, -0.1) is 0 Å². The molecule has 1 atom stereocenters. The van der Waals surface area contributed by atoms with E-state index in [1.54, 1.807) is 17.8 Å². The molecule has 4 rings (SSSR count). The normalized spacial score (nSPS) is 21.3. The first-order valence-corrected chi connectivity index (χ1v) is 9.15. The summed E-state index contributed by atoms with van der Waals surface area (Å²) in [5.41, 5.74) is 2.49. The van der Waals surface area contributed by atoms with Crippen LogP contribution in [0.3, 0.4) is 0 Å². The van der Waals surface area contributed by atoms with Crippen molar-refractivity contribution in [1.29, 1.82) is 0 Å². The van der Waals surface area contributed by atoms with E-state index < -0.39 is 0 Å². The van der Waals surface area contributed by atoms with Gasteiger partial charge >= 0.3 is 0 Å². The lowest BCUT2D eigenvalue weighted by molar-refractivity contribution is 0.170. The molecular formula is C18H19ClN2OS. The number of nitrogens with one attached hydrogen (secondary N) is 1. The molecule has 2 heterocycles. The lowest BCUT2D eigenvalue weighted by atomic mass is 9.96. The zero-order valence-electron chi connectivity index (χ0n) is 12.8. The Balaban J connectivity index is 1.84. The number of hydrogen-bond acceptors (Lipinski definition) is 4. The Kier molecular flexibility index (Phi) is 4.24. The van der Waals surface area contributed by atoms with Crippen LogP contribution in [-0.2, 0) is 6.42 Å². The highest BCUT2D eigenvalue weighted by Crippen LogP contribution is 2.47. The molecule has 0 amide bonds. The van der Waals surface area contributed by atoms with Crippen LogP contribution in [0, 0.1) is 0 Å². The molecule has 0 aliphatic carbocycles. The summed E-state index contributed by atoms with van der Waals surface area (Å²) in [6, 6.07) is 12.4. The molecule has 1 fully saturated rings. The Morgan fingerprint density at radius 2 is 1.96 bits per heavy atom. The van der Waals surface area contributed by atoms with E-state index >= 15 is 0 Å². The Morgan fingerprint density at radius 3 is 2.78 bits per heavy atom. The number of phenolic OH excluding ortho intramolecular Hbond substituents is 1. The first kappa shape index (κ1) is 15.3. The molecule has 2 aliphatic rings. The van der Waals surface area contributed by atoms with Crippen LogP contribution >= 0.6 is 23.4 Å². The molecule has 2 aromatic rings. The molecular weight excluding hydrogens is 328 g/mol. The van der Waals surface area contributed by atoms with E-state index in [0.717, 1.165) is 43.1 Å². The number of aromatic hydroxyl groups is 1. The average Bonchev–Trinajstić information content (AvgIpc) is 2.73. The predicted octanol–water partition coefficient (Wildman–Crippen LogP) is 3.70. The first-order chi connectivity index (χ1) is 11.2. The van der Waals surface area contributed by atoms with Crippen LogP contribution in [0.4, 0.5) is 0 Å². The van der Waals surface area contributed by atoms with E-state index in [4.69, 9.17) is 11.6 Å². The van der Waals surface area contributed by atoms with Crippen molar-refractivity contribution in [2.75, 3.05) is 26.2 Å². The summed E-state index contributed by atoms with van der Waals surface area (Å²) in [5, 5.41) is 14.5. The maximum absolute atomic E-state index is 10.5. The van der Waals surface area contributed by atoms with Crippen molar-refractivity contribution in [3.8, 4) is 5.75 Å². The quantitative estimate of drug-likeness (QED) is 0.825. The lowest BCUT2D eigenvalue weighted by Crippen LogP contribution is -2.45. The summed E-state index contributed by atoms with van der Waals surface area (Å²) in [4.78, 5) is 4.68. The highest BCUT2D eigenvalue weighted by Gasteiger charge is 2.30. The number of hydrogen-bond donors (Lipinski definition) is 2. The van der Waals surface area contributed by atoms with Gasteiger partial charge in [0, 0.05) is 42.1 Å². The molecule has 0 saturated carbocycles. The van der Waals surface area contributed by atoms with Gasteiger partial charge in [0.1, 0.15) is 5.75 Å². The SMILES string of the molecule is Oc1cc(Cl)cc2c1Sc1ccccc1CC2N1CCNCC1. The minimum Gasteiger partial charge on any atom is -0.507 e. The molecule has 120 valence electrons. The molecule has 2 aromatic carbocycles. The summed E-state index contributed by atoms with van der Waals surface area (Å²) in [5.74, 6) is 0.286. The molecule has 0 spiro atoms. The van der Waals surface area contributed by atoms with E-state index in [2.05, 4.69) is 34.5 Å². The Labute approximate surface area is 145 Å². The van der Waals surface area contributed by atoms with Gasteiger partial charge in [0.15, 0.2) is 0 Å². The first-order valence-electron chi connectivity index (χ1n) is 7.95. The molecule has 5 heteroatoms. The highest BCUT2D eigenvalue weighted by molar-refractivity contribution is 7.99. The van der Waals surface area contributed by atoms with Crippen molar-refractivity contribution in [1.82, 2.24) is 10.2 Å². The van der Waals surface area contributed by atoms with Gasteiger partial charge in [0.05, 0.1) is 4.90 Å². The fourth-order valence-electron chi connectivity index (χ4n) is 3.48. The molecule has 3 nitrogen and oxygen atoms in total.